The van der Waals surface area contributed by atoms with E-state index < -0.39 is 0 Å². The standard InChI is InChI=1S/C23H33NO/c1-2-3-4-5-6-7-17-25-18-16-20-8-12-22(13-9-20)23-14-10-21(19-24)11-15-23/h6-7,10-11,14-15,20,22H,2-5,8-9,12-13,16-18H2,1H3/b7-6+. The van der Waals surface area contributed by atoms with Gasteiger partial charge in [0.25, 0.3) is 0 Å². The summed E-state index contributed by atoms with van der Waals surface area (Å²) in [5.41, 5.74) is 2.16. The lowest BCUT2D eigenvalue weighted by atomic mass is 9.77. The number of unbranched alkanes of at least 4 members (excludes halogenated alkanes) is 3. The second-order valence-corrected chi connectivity index (χ2v) is 7.28. The van der Waals surface area contributed by atoms with Crippen molar-refractivity contribution >= 4 is 0 Å². The van der Waals surface area contributed by atoms with Crippen LogP contribution in [0.1, 0.15) is 81.8 Å². The lowest BCUT2D eigenvalue weighted by Crippen LogP contribution is -2.15. The molecule has 0 amide bonds. The average Bonchev–Trinajstić information content (AvgIpc) is 2.67. The van der Waals surface area contributed by atoms with E-state index in [0.29, 0.717) is 5.92 Å². The van der Waals surface area contributed by atoms with E-state index in [2.05, 4.69) is 37.3 Å². The van der Waals surface area contributed by atoms with Crippen molar-refractivity contribution in [3.05, 3.63) is 47.5 Å². The molecule has 25 heavy (non-hydrogen) atoms. The zero-order chi connectivity index (χ0) is 17.7. The summed E-state index contributed by atoms with van der Waals surface area (Å²) in [6.07, 6.45) is 15.9. The Labute approximate surface area is 153 Å². The summed E-state index contributed by atoms with van der Waals surface area (Å²) in [7, 11) is 0. The van der Waals surface area contributed by atoms with Gasteiger partial charge in [-0.15, -0.1) is 0 Å². The number of hydrogen-bond donors (Lipinski definition) is 0. The molecule has 2 heteroatoms. The highest BCUT2D eigenvalue weighted by Crippen LogP contribution is 2.37. The fourth-order valence-electron chi connectivity index (χ4n) is 3.71. The molecule has 0 N–H and O–H groups in total. The van der Waals surface area contributed by atoms with Crippen LogP contribution in [0.15, 0.2) is 36.4 Å². The van der Waals surface area contributed by atoms with E-state index >= 15 is 0 Å². The molecular formula is C23H33NO. The molecular weight excluding hydrogens is 306 g/mol. The third-order valence-electron chi connectivity index (χ3n) is 5.38. The van der Waals surface area contributed by atoms with Gasteiger partial charge in [-0.25, -0.2) is 0 Å². The van der Waals surface area contributed by atoms with E-state index in [0.717, 1.165) is 24.7 Å². The Bertz CT molecular complexity index is 532. The molecule has 1 aliphatic rings. The van der Waals surface area contributed by atoms with Gasteiger partial charge in [0.15, 0.2) is 0 Å². The van der Waals surface area contributed by atoms with Crippen molar-refractivity contribution in [1.82, 2.24) is 0 Å². The van der Waals surface area contributed by atoms with Gasteiger partial charge in [-0.3, -0.25) is 0 Å². The van der Waals surface area contributed by atoms with Crippen LogP contribution in [0.3, 0.4) is 0 Å². The first-order valence-corrected chi connectivity index (χ1v) is 10.1. The monoisotopic (exact) mass is 339 g/mol. The van der Waals surface area contributed by atoms with Crippen LogP contribution in [-0.4, -0.2) is 13.2 Å². The topological polar surface area (TPSA) is 33.0 Å². The summed E-state index contributed by atoms with van der Waals surface area (Å²) in [4.78, 5) is 0. The van der Waals surface area contributed by atoms with Gasteiger partial charge in [0.2, 0.25) is 0 Å². The Hall–Kier alpha value is -1.59. The van der Waals surface area contributed by atoms with Gasteiger partial charge in [0, 0.05) is 6.61 Å². The maximum atomic E-state index is 8.89. The lowest BCUT2D eigenvalue weighted by molar-refractivity contribution is 0.135. The van der Waals surface area contributed by atoms with Crippen molar-refractivity contribution in [3.8, 4) is 6.07 Å². The summed E-state index contributed by atoms with van der Waals surface area (Å²) in [6, 6.07) is 10.4. The van der Waals surface area contributed by atoms with E-state index in [1.807, 2.05) is 12.1 Å². The van der Waals surface area contributed by atoms with Crippen molar-refractivity contribution in [2.75, 3.05) is 13.2 Å². The van der Waals surface area contributed by atoms with Gasteiger partial charge < -0.3 is 4.74 Å². The minimum absolute atomic E-state index is 0.677. The number of allylic oxidation sites excluding steroid dienone is 1. The van der Waals surface area contributed by atoms with E-state index in [9.17, 15) is 0 Å². The highest BCUT2D eigenvalue weighted by atomic mass is 16.5. The molecule has 1 fully saturated rings. The largest absolute Gasteiger partial charge is 0.377 e. The van der Waals surface area contributed by atoms with Crippen molar-refractivity contribution in [1.29, 1.82) is 5.26 Å². The third kappa shape index (κ3) is 7.45. The van der Waals surface area contributed by atoms with Gasteiger partial charge >= 0.3 is 0 Å². The maximum absolute atomic E-state index is 8.89. The van der Waals surface area contributed by atoms with Crippen molar-refractivity contribution in [3.63, 3.8) is 0 Å². The molecule has 1 aliphatic carbocycles. The minimum Gasteiger partial charge on any atom is -0.377 e. The van der Waals surface area contributed by atoms with Crippen LogP contribution < -0.4 is 0 Å². The summed E-state index contributed by atoms with van der Waals surface area (Å²) in [6.45, 7) is 3.91. The van der Waals surface area contributed by atoms with E-state index in [1.54, 1.807) is 0 Å². The molecule has 0 heterocycles. The summed E-state index contributed by atoms with van der Waals surface area (Å²) in [5.74, 6) is 1.50. The quantitative estimate of drug-likeness (QED) is 0.366. The molecule has 0 aromatic heterocycles. The van der Waals surface area contributed by atoms with Crippen molar-refractivity contribution in [2.45, 2.75) is 70.6 Å². The fraction of sp³-hybridized carbons (Fsp3) is 0.609. The fourth-order valence-corrected chi connectivity index (χ4v) is 3.71. The SMILES string of the molecule is CCCCC/C=C/COCCC1CCC(c2ccc(C#N)cc2)CC1. The Balaban J connectivity index is 1.55. The Kier molecular flexibility index (Phi) is 9.37. The molecule has 0 atom stereocenters. The number of ether oxygens (including phenoxy) is 1. The summed E-state index contributed by atoms with van der Waals surface area (Å²) in [5, 5.41) is 8.89. The Morgan fingerprint density at radius 3 is 2.52 bits per heavy atom. The zero-order valence-corrected chi connectivity index (χ0v) is 15.8. The normalized spacial score (nSPS) is 20.6. The first-order chi connectivity index (χ1) is 12.3. The van der Waals surface area contributed by atoms with Crippen LogP contribution in [0.4, 0.5) is 0 Å². The van der Waals surface area contributed by atoms with Gasteiger partial charge in [-0.05, 0) is 74.5 Å². The van der Waals surface area contributed by atoms with Gasteiger partial charge in [-0.2, -0.15) is 5.26 Å². The van der Waals surface area contributed by atoms with Crippen LogP contribution >= 0.6 is 0 Å². The summed E-state index contributed by atoms with van der Waals surface area (Å²) >= 11 is 0. The zero-order valence-electron chi connectivity index (χ0n) is 15.8. The predicted octanol–water partition coefficient (Wildman–Crippen LogP) is 6.38. The first-order valence-electron chi connectivity index (χ1n) is 10.1. The summed E-state index contributed by atoms with van der Waals surface area (Å²) < 4.78 is 5.76. The molecule has 1 saturated carbocycles. The molecule has 2 nitrogen and oxygen atoms in total. The molecule has 2 rings (SSSR count). The lowest BCUT2D eigenvalue weighted by Gasteiger charge is -2.28. The Morgan fingerprint density at radius 2 is 1.84 bits per heavy atom. The molecule has 0 unspecified atom stereocenters. The first kappa shape index (κ1) is 19.7. The number of hydrogen-bond acceptors (Lipinski definition) is 2. The van der Waals surface area contributed by atoms with Crippen LogP contribution in [0.5, 0.6) is 0 Å². The maximum Gasteiger partial charge on any atom is 0.0991 e. The van der Waals surface area contributed by atoms with Crippen LogP contribution in [0.25, 0.3) is 0 Å². The highest BCUT2D eigenvalue weighted by Gasteiger charge is 2.22. The molecule has 1 aromatic rings. The smallest absolute Gasteiger partial charge is 0.0991 e. The number of rotatable bonds is 10. The number of benzene rings is 1. The van der Waals surface area contributed by atoms with Gasteiger partial charge in [0.05, 0.1) is 18.2 Å². The molecule has 1 aromatic carbocycles. The van der Waals surface area contributed by atoms with Gasteiger partial charge in [0.1, 0.15) is 0 Å². The number of nitriles is 1. The van der Waals surface area contributed by atoms with E-state index in [4.69, 9.17) is 10.00 Å². The van der Waals surface area contributed by atoms with Crippen LogP contribution in [-0.2, 0) is 4.74 Å². The van der Waals surface area contributed by atoms with Gasteiger partial charge in [-0.1, -0.05) is 44.1 Å². The minimum atomic E-state index is 0.677. The van der Waals surface area contributed by atoms with Crippen LogP contribution in [0.2, 0.25) is 0 Å². The molecule has 0 aliphatic heterocycles. The second kappa shape index (κ2) is 11.9. The molecule has 0 bridgehead atoms. The van der Waals surface area contributed by atoms with Crippen molar-refractivity contribution in [2.24, 2.45) is 5.92 Å². The second-order valence-electron chi connectivity index (χ2n) is 7.28. The molecule has 0 radical (unpaired) electrons. The van der Waals surface area contributed by atoms with E-state index in [1.165, 1.54) is 63.4 Å². The van der Waals surface area contributed by atoms with E-state index in [-0.39, 0.29) is 0 Å². The highest BCUT2D eigenvalue weighted by molar-refractivity contribution is 5.33. The Morgan fingerprint density at radius 1 is 1.08 bits per heavy atom. The van der Waals surface area contributed by atoms with Crippen LogP contribution in [0, 0.1) is 17.2 Å². The third-order valence-corrected chi connectivity index (χ3v) is 5.38. The molecule has 136 valence electrons. The number of nitrogens with zero attached hydrogens (tertiary/aromatic N) is 1. The molecule has 0 spiro atoms. The average molecular weight is 340 g/mol. The molecule has 0 saturated heterocycles. The predicted molar refractivity (Wildman–Crippen MR) is 105 cm³/mol. The van der Waals surface area contributed by atoms with Crippen molar-refractivity contribution < 1.29 is 4.74 Å².